The van der Waals surface area contributed by atoms with Crippen LogP contribution in [0.4, 0.5) is 11.5 Å². The van der Waals surface area contributed by atoms with Gasteiger partial charge in [0.25, 0.3) is 0 Å². The van der Waals surface area contributed by atoms with Gasteiger partial charge in [0.05, 0.1) is 23.3 Å². The largest absolute Gasteiger partial charge is 0.478 e. The van der Waals surface area contributed by atoms with Gasteiger partial charge in [-0.2, -0.15) is 0 Å². The van der Waals surface area contributed by atoms with E-state index in [1.807, 2.05) is 25.3 Å². The monoisotopic (exact) mass is 465 g/mol. The second-order valence-corrected chi connectivity index (χ2v) is 9.58. The molecule has 0 unspecified atom stereocenters. The van der Waals surface area contributed by atoms with Crippen LogP contribution in [0.15, 0.2) is 52.4 Å². The molecule has 0 saturated carbocycles. The first kappa shape index (κ1) is 23.0. The minimum Gasteiger partial charge on any atom is -0.478 e. The van der Waals surface area contributed by atoms with E-state index in [0.717, 1.165) is 32.7 Å². The van der Waals surface area contributed by atoms with Gasteiger partial charge in [0.2, 0.25) is 0 Å². The molecule has 0 saturated heterocycles. The van der Waals surface area contributed by atoms with E-state index in [1.165, 1.54) is 0 Å². The van der Waals surface area contributed by atoms with Crippen molar-refractivity contribution < 1.29 is 14.6 Å². The summed E-state index contributed by atoms with van der Waals surface area (Å²) >= 11 is 1.59. The van der Waals surface area contributed by atoms with Crippen LogP contribution in [-0.2, 0) is 16.1 Å². The summed E-state index contributed by atoms with van der Waals surface area (Å²) in [6.45, 7) is 6.47. The van der Waals surface area contributed by atoms with Crippen molar-refractivity contribution >= 4 is 35.3 Å². The second kappa shape index (κ2) is 9.36. The molecule has 0 aliphatic carbocycles. The molecule has 1 aromatic carbocycles. The lowest BCUT2D eigenvalue weighted by atomic mass is 9.98. The van der Waals surface area contributed by atoms with Gasteiger partial charge in [-0.05, 0) is 57.4 Å². The summed E-state index contributed by atoms with van der Waals surface area (Å²) in [5.74, 6) is -0.172. The number of aromatic nitrogens is 4. The zero-order chi connectivity index (χ0) is 23.6. The quantitative estimate of drug-likeness (QED) is 0.354. The van der Waals surface area contributed by atoms with Gasteiger partial charge in [-0.15, -0.1) is 0 Å². The van der Waals surface area contributed by atoms with E-state index in [-0.39, 0.29) is 5.60 Å². The lowest BCUT2D eigenvalue weighted by molar-refractivity contribution is -0.132. The number of anilines is 2. The fourth-order valence-electron chi connectivity index (χ4n) is 3.48. The van der Waals surface area contributed by atoms with Crippen LogP contribution < -0.4 is 5.32 Å². The number of hydrogen-bond acceptors (Lipinski definition) is 7. The smallest absolute Gasteiger partial charge is 0.331 e. The third-order valence-electron chi connectivity index (χ3n) is 5.79. The zero-order valence-corrected chi connectivity index (χ0v) is 19.9. The molecule has 172 valence electrons. The molecule has 2 aromatic heterocycles. The molecule has 0 bridgehead atoms. The van der Waals surface area contributed by atoms with Crippen molar-refractivity contribution in [1.29, 1.82) is 0 Å². The Kier molecular flexibility index (Phi) is 6.53. The maximum atomic E-state index is 11.8. The Labute approximate surface area is 197 Å². The lowest BCUT2D eigenvalue weighted by Gasteiger charge is -2.22. The van der Waals surface area contributed by atoms with E-state index >= 15 is 0 Å². The number of benzene rings is 1. The standard InChI is InChI=1S/C24H27N5O3S/c1-15-18(12-17(23(30)31)7-8-24(2,3)32-4)27-14-29(15)13-16-5-6-20-19(11-16)28-21-22(33-20)26-10-9-25-21/h5-6,9-12,14H,7-8,13H2,1-4H3,(H,25,28)(H,30,31)/b17-12+. The van der Waals surface area contributed by atoms with E-state index in [1.54, 1.807) is 43.7 Å². The van der Waals surface area contributed by atoms with Crippen LogP contribution in [0.2, 0.25) is 0 Å². The van der Waals surface area contributed by atoms with Crippen molar-refractivity contribution in [2.45, 2.75) is 55.7 Å². The fraction of sp³-hybridized carbons (Fsp3) is 0.333. The van der Waals surface area contributed by atoms with Crippen molar-refractivity contribution in [3.63, 3.8) is 0 Å². The molecule has 3 aromatic rings. The molecular formula is C24H27N5O3S. The van der Waals surface area contributed by atoms with E-state index in [2.05, 4.69) is 38.5 Å². The highest BCUT2D eigenvalue weighted by molar-refractivity contribution is 7.99. The topological polar surface area (TPSA) is 102 Å². The minimum atomic E-state index is -0.933. The van der Waals surface area contributed by atoms with Crippen LogP contribution in [-0.4, -0.2) is 43.3 Å². The Morgan fingerprint density at radius 2 is 2.06 bits per heavy atom. The number of ether oxygens (including phenoxy) is 1. The van der Waals surface area contributed by atoms with Crippen LogP contribution >= 0.6 is 11.8 Å². The van der Waals surface area contributed by atoms with Gasteiger partial charge < -0.3 is 19.7 Å². The Bertz CT molecular complexity index is 1220. The summed E-state index contributed by atoms with van der Waals surface area (Å²) in [6.07, 6.45) is 7.79. The third-order valence-corrected chi connectivity index (χ3v) is 6.86. The van der Waals surface area contributed by atoms with E-state index in [9.17, 15) is 9.90 Å². The second-order valence-electron chi connectivity index (χ2n) is 8.55. The molecule has 9 heteroatoms. The molecule has 2 N–H and O–H groups in total. The van der Waals surface area contributed by atoms with E-state index in [4.69, 9.17) is 4.74 Å². The lowest BCUT2D eigenvalue weighted by Crippen LogP contribution is -2.22. The Morgan fingerprint density at radius 3 is 2.82 bits per heavy atom. The van der Waals surface area contributed by atoms with Crippen molar-refractivity contribution in [1.82, 2.24) is 19.5 Å². The summed E-state index contributed by atoms with van der Waals surface area (Å²) in [5.41, 5.74) is 3.62. The number of carbonyl (C=O) groups is 1. The summed E-state index contributed by atoms with van der Waals surface area (Å²) in [6, 6.07) is 6.26. The Morgan fingerprint density at radius 1 is 1.27 bits per heavy atom. The van der Waals surface area contributed by atoms with Gasteiger partial charge in [-0.3, -0.25) is 0 Å². The maximum Gasteiger partial charge on any atom is 0.331 e. The van der Waals surface area contributed by atoms with Crippen molar-refractivity contribution in [3.8, 4) is 0 Å². The Balaban J connectivity index is 1.51. The predicted molar refractivity (Wildman–Crippen MR) is 128 cm³/mol. The summed E-state index contributed by atoms with van der Waals surface area (Å²) in [7, 11) is 1.64. The van der Waals surface area contributed by atoms with E-state index < -0.39 is 5.97 Å². The average molecular weight is 466 g/mol. The number of aliphatic carboxylic acids is 1. The van der Waals surface area contributed by atoms with Gasteiger partial charge in [0.15, 0.2) is 5.82 Å². The van der Waals surface area contributed by atoms with Crippen LogP contribution in [0, 0.1) is 6.92 Å². The molecule has 0 amide bonds. The summed E-state index contributed by atoms with van der Waals surface area (Å²) < 4.78 is 7.44. The number of carboxylic acid groups (broad SMARTS) is 1. The van der Waals surface area contributed by atoms with Crippen molar-refractivity contribution in [3.05, 3.63) is 59.4 Å². The van der Waals surface area contributed by atoms with Crippen LogP contribution in [0.1, 0.15) is 43.6 Å². The summed E-state index contributed by atoms with van der Waals surface area (Å²) in [5, 5.41) is 13.9. The molecule has 0 atom stereocenters. The molecule has 1 aliphatic heterocycles. The zero-order valence-electron chi connectivity index (χ0n) is 19.1. The number of rotatable bonds is 8. The van der Waals surface area contributed by atoms with E-state index in [0.29, 0.717) is 30.7 Å². The van der Waals surface area contributed by atoms with Crippen molar-refractivity contribution in [2.24, 2.45) is 0 Å². The predicted octanol–water partition coefficient (Wildman–Crippen LogP) is 4.91. The average Bonchev–Trinajstić information content (AvgIpc) is 3.13. The first-order valence-corrected chi connectivity index (χ1v) is 11.5. The number of nitrogens with one attached hydrogen (secondary N) is 1. The van der Waals surface area contributed by atoms with Gasteiger partial charge >= 0.3 is 5.97 Å². The number of carboxylic acids is 1. The van der Waals surface area contributed by atoms with Crippen molar-refractivity contribution in [2.75, 3.05) is 12.4 Å². The first-order chi connectivity index (χ1) is 15.8. The first-order valence-electron chi connectivity index (χ1n) is 10.7. The number of imidazole rings is 1. The minimum absolute atomic E-state index is 0.322. The number of hydrogen-bond donors (Lipinski definition) is 2. The molecule has 0 fully saturated rings. The molecule has 8 nitrogen and oxygen atoms in total. The van der Waals surface area contributed by atoms with Crippen LogP contribution in [0.5, 0.6) is 0 Å². The Hall–Kier alpha value is -3.17. The molecule has 0 spiro atoms. The maximum absolute atomic E-state index is 11.8. The SMILES string of the molecule is COC(C)(C)CC/C(=C\c1ncn(Cc2ccc3c(c2)Nc2nccnc2S3)c1C)C(=O)O. The van der Waals surface area contributed by atoms with Gasteiger partial charge in [-0.25, -0.2) is 19.7 Å². The van der Waals surface area contributed by atoms with Crippen LogP contribution in [0.25, 0.3) is 6.08 Å². The number of methoxy groups -OCH3 is 1. The van der Waals surface area contributed by atoms with Gasteiger partial charge in [-0.1, -0.05) is 17.8 Å². The number of nitrogens with zero attached hydrogens (tertiary/aromatic N) is 4. The molecule has 0 radical (unpaired) electrons. The highest BCUT2D eigenvalue weighted by Gasteiger charge is 2.20. The fourth-order valence-corrected chi connectivity index (χ4v) is 4.36. The third kappa shape index (κ3) is 5.26. The molecule has 3 heterocycles. The highest BCUT2D eigenvalue weighted by atomic mass is 32.2. The normalized spacial score (nSPS) is 13.3. The molecular weight excluding hydrogens is 438 g/mol. The number of fused-ring (bicyclic) bond motifs is 2. The molecule has 4 rings (SSSR count). The summed E-state index contributed by atoms with van der Waals surface area (Å²) in [4.78, 5) is 26.1. The van der Waals surface area contributed by atoms with Gasteiger partial charge in [0, 0.05) is 42.2 Å². The van der Waals surface area contributed by atoms with Gasteiger partial charge in [0.1, 0.15) is 5.03 Å². The van der Waals surface area contributed by atoms with Crippen LogP contribution in [0.3, 0.4) is 0 Å². The molecule has 33 heavy (non-hydrogen) atoms. The highest BCUT2D eigenvalue weighted by Crippen LogP contribution is 2.42. The molecule has 1 aliphatic rings.